The first kappa shape index (κ1) is 33.4. The molecule has 4 aromatic rings. The molecule has 0 spiro atoms. The Morgan fingerprint density at radius 1 is 1.00 bits per heavy atom. The molecule has 8 rings (SSSR count). The van der Waals surface area contributed by atoms with Crippen molar-refractivity contribution < 1.29 is 14.0 Å². The zero-order valence-electron chi connectivity index (χ0n) is 29.3. The highest BCUT2D eigenvalue weighted by atomic mass is 19.1. The van der Waals surface area contributed by atoms with Crippen molar-refractivity contribution in [2.75, 3.05) is 49.5 Å². The van der Waals surface area contributed by atoms with E-state index in [-0.39, 0.29) is 40.5 Å². The zero-order valence-corrected chi connectivity index (χ0v) is 29.3. The third kappa shape index (κ3) is 6.37. The van der Waals surface area contributed by atoms with Gasteiger partial charge in [0, 0.05) is 69.5 Å². The molecule has 266 valence electrons. The van der Waals surface area contributed by atoms with Crippen molar-refractivity contribution in [2.45, 2.75) is 77.5 Å². The molecule has 12 nitrogen and oxygen atoms in total. The van der Waals surface area contributed by atoms with E-state index < -0.39 is 5.82 Å². The lowest BCUT2D eigenvalue weighted by Gasteiger charge is -2.36. The van der Waals surface area contributed by atoms with Crippen LogP contribution in [0.25, 0.3) is 11.0 Å². The van der Waals surface area contributed by atoms with E-state index in [2.05, 4.69) is 30.4 Å². The number of hydrogen-bond donors (Lipinski definition) is 2. The van der Waals surface area contributed by atoms with Gasteiger partial charge in [0.2, 0.25) is 5.95 Å². The summed E-state index contributed by atoms with van der Waals surface area (Å²) in [5.74, 6) is 0.0846. The number of Topliss-reactive ketones (excluding diaryl/α,β-unsaturated/α-hetero) is 1. The highest BCUT2D eigenvalue weighted by Gasteiger charge is 2.36. The van der Waals surface area contributed by atoms with Crippen LogP contribution in [0.1, 0.15) is 88.9 Å². The van der Waals surface area contributed by atoms with Crippen LogP contribution >= 0.6 is 0 Å². The molecule has 13 heteroatoms. The van der Waals surface area contributed by atoms with Gasteiger partial charge in [-0.2, -0.15) is 4.98 Å². The summed E-state index contributed by atoms with van der Waals surface area (Å²) in [7, 11) is 0. The molecule has 51 heavy (non-hydrogen) atoms. The monoisotopic (exact) mass is 693 g/mol. The molecule has 4 aliphatic rings. The average molecular weight is 694 g/mol. The fraction of sp³-hybridized carbons (Fsp3) is 0.474. The van der Waals surface area contributed by atoms with Crippen LogP contribution in [0.15, 0.2) is 41.5 Å². The normalized spacial score (nSPS) is 20.0. The molecule has 3 aliphatic heterocycles. The van der Waals surface area contributed by atoms with Crippen molar-refractivity contribution in [3.05, 3.63) is 80.6 Å². The van der Waals surface area contributed by atoms with Gasteiger partial charge in [-0.25, -0.2) is 14.4 Å². The maximum Gasteiger partial charge on any atom is 0.263 e. The molecule has 1 aliphatic carbocycles. The van der Waals surface area contributed by atoms with Crippen LogP contribution in [0, 0.1) is 12.7 Å². The van der Waals surface area contributed by atoms with Gasteiger partial charge in [0.05, 0.1) is 23.0 Å². The molecule has 0 radical (unpaired) electrons. The Labute approximate surface area is 296 Å². The first-order valence-electron chi connectivity index (χ1n) is 18.2. The Morgan fingerprint density at radius 2 is 1.78 bits per heavy atom. The van der Waals surface area contributed by atoms with E-state index in [0.29, 0.717) is 41.5 Å². The summed E-state index contributed by atoms with van der Waals surface area (Å²) in [4.78, 5) is 59.4. The number of halogens is 1. The largest absolute Gasteiger partial charge is 0.368 e. The van der Waals surface area contributed by atoms with Gasteiger partial charge in [0.15, 0.2) is 5.78 Å². The van der Waals surface area contributed by atoms with Gasteiger partial charge in [-0.05, 0) is 81.0 Å². The van der Waals surface area contributed by atoms with Gasteiger partial charge >= 0.3 is 0 Å². The number of piperidine rings is 1. The predicted octanol–water partition coefficient (Wildman–Crippen LogP) is 4.73. The number of carbonyl (C=O) groups excluding carboxylic acids is 2. The number of nitrogens with one attached hydrogen (secondary N) is 2. The molecule has 1 unspecified atom stereocenters. The number of anilines is 3. The summed E-state index contributed by atoms with van der Waals surface area (Å²) >= 11 is 0. The molecule has 1 atom stereocenters. The Morgan fingerprint density at radius 3 is 2.49 bits per heavy atom. The molecule has 2 saturated heterocycles. The molecular formula is C38H44FN9O3. The maximum atomic E-state index is 15.2. The fourth-order valence-electron chi connectivity index (χ4n) is 8.47. The quantitative estimate of drug-likeness (QED) is 0.250. The number of pyridine rings is 2. The molecule has 6 heterocycles. The number of rotatable bonds is 8. The summed E-state index contributed by atoms with van der Waals surface area (Å²) in [5, 5.41) is 7.27. The molecule has 3 fully saturated rings. The number of hydrogen-bond acceptors (Lipinski definition) is 10. The van der Waals surface area contributed by atoms with Gasteiger partial charge in [0.1, 0.15) is 17.3 Å². The number of benzene rings is 1. The summed E-state index contributed by atoms with van der Waals surface area (Å²) in [5.41, 5.74) is 4.04. The Hall–Kier alpha value is -4.75. The van der Waals surface area contributed by atoms with Crippen molar-refractivity contribution in [3.8, 4) is 0 Å². The number of carbonyl (C=O) groups is 2. The number of piperazine rings is 1. The van der Waals surface area contributed by atoms with Crippen LogP contribution < -0.4 is 21.1 Å². The Balaban J connectivity index is 0.913. The molecular weight excluding hydrogens is 649 g/mol. The SMILES string of the molecule is CC(=O)c1c(C)c2cnc(Nc3ccc(N4CCN(Cc5cc(F)c6c(c5)CN(C5CCCNC5)C6=O)CC4)cn3)nc2n(C2CCCC2)c1=O. The van der Waals surface area contributed by atoms with Gasteiger partial charge in [-0.1, -0.05) is 18.9 Å². The standard InChI is InChI=1S/C38H44FN9O3/c1-23-30-20-42-38(44-35(30)48(27-6-3-4-7-27)37(51)33(23)24(2)49)43-32-10-9-28(19-41-32)46-14-12-45(13-15-46)21-25-16-26-22-47(29-8-5-11-40-18-29)36(50)34(26)31(39)17-25/h9-10,16-17,19-20,27,29,40H,3-8,11-15,18,21-22H2,1-2H3,(H,41,42,43,44). The van der Waals surface area contributed by atoms with Crippen LogP contribution in [0.5, 0.6) is 0 Å². The summed E-state index contributed by atoms with van der Waals surface area (Å²) in [6.45, 7) is 9.30. The smallest absolute Gasteiger partial charge is 0.263 e. The van der Waals surface area contributed by atoms with E-state index in [1.165, 1.54) is 6.92 Å². The third-order valence-electron chi connectivity index (χ3n) is 11.1. The number of nitrogens with zero attached hydrogens (tertiary/aromatic N) is 7. The minimum Gasteiger partial charge on any atom is -0.368 e. The molecule has 0 bridgehead atoms. The van der Waals surface area contributed by atoms with Crippen LogP contribution in [-0.2, 0) is 13.1 Å². The van der Waals surface area contributed by atoms with Crippen LogP contribution in [0.3, 0.4) is 0 Å². The molecule has 1 amide bonds. The van der Waals surface area contributed by atoms with Gasteiger partial charge in [0.25, 0.3) is 11.5 Å². The second-order valence-corrected chi connectivity index (χ2v) is 14.4. The van der Waals surface area contributed by atoms with Crippen LogP contribution in [0.2, 0.25) is 0 Å². The van der Waals surface area contributed by atoms with Crippen molar-refractivity contribution >= 4 is 40.2 Å². The lowest BCUT2D eigenvalue weighted by molar-refractivity contribution is 0.0671. The molecule has 2 N–H and O–H groups in total. The highest BCUT2D eigenvalue weighted by Crippen LogP contribution is 2.33. The van der Waals surface area contributed by atoms with Crippen LogP contribution in [-0.4, -0.2) is 86.3 Å². The zero-order chi connectivity index (χ0) is 35.2. The second kappa shape index (κ2) is 13.8. The second-order valence-electron chi connectivity index (χ2n) is 14.4. The van der Waals surface area contributed by atoms with Gasteiger partial charge in [-0.15, -0.1) is 0 Å². The third-order valence-corrected chi connectivity index (χ3v) is 11.1. The molecule has 3 aromatic heterocycles. The van der Waals surface area contributed by atoms with E-state index >= 15 is 4.39 Å². The number of aryl methyl sites for hydroxylation is 1. The summed E-state index contributed by atoms with van der Waals surface area (Å²) in [6, 6.07) is 7.60. The summed E-state index contributed by atoms with van der Waals surface area (Å²) in [6.07, 6.45) is 9.34. The summed E-state index contributed by atoms with van der Waals surface area (Å²) < 4.78 is 16.9. The fourth-order valence-corrected chi connectivity index (χ4v) is 8.47. The minimum absolute atomic E-state index is 0.00874. The van der Waals surface area contributed by atoms with Gasteiger partial charge in [-0.3, -0.25) is 23.9 Å². The van der Waals surface area contributed by atoms with E-state index in [4.69, 9.17) is 4.98 Å². The first-order valence-corrected chi connectivity index (χ1v) is 18.2. The molecule has 1 saturated carbocycles. The number of aromatic nitrogens is 4. The lowest BCUT2D eigenvalue weighted by atomic mass is 10.0. The van der Waals surface area contributed by atoms with Crippen molar-refractivity contribution in [1.29, 1.82) is 0 Å². The minimum atomic E-state index is -0.410. The van der Waals surface area contributed by atoms with E-state index in [1.54, 1.807) is 23.8 Å². The van der Waals surface area contributed by atoms with Gasteiger partial charge < -0.3 is 20.4 Å². The van der Waals surface area contributed by atoms with Crippen molar-refractivity contribution in [1.82, 2.24) is 34.6 Å². The number of ketones is 1. The molecule has 1 aromatic carbocycles. The number of amides is 1. The van der Waals surface area contributed by atoms with Crippen molar-refractivity contribution in [3.63, 3.8) is 0 Å². The van der Waals surface area contributed by atoms with E-state index in [9.17, 15) is 14.4 Å². The van der Waals surface area contributed by atoms with Crippen molar-refractivity contribution in [2.24, 2.45) is 0 Å². The van der Waals surface area contributed by atoms with Crippen LogP contribution in [0.4, 0.5) is 21.8 Å². The number of fused-ring (bicyclic) bond motifs is 2. The van der Waals surface area contributed by atoms with E-state index in [1.807, 2.05) is 29.3 Å². The lowest BCUT2D eigenvalue weighted by Crippen LogP contribution is -2.46. The van der Waals surface area contributed by atoms with E-state index in [0.717, 1.165) is 94.6 Å². The maximum absolute atomic E-state index is 15.2. The topological polar surface area (TPSA) is 129 Å². The first-order chi connectivity index (χ1) is 24.7. The highest BCUT2D eigenvalue weighted by molar-refractivity contribution is 6.00. The predicted molar refractivity (Wildman–Crippen MR) is 193 cm³/mol. The Kier molecular flexibility index (Phi) is 9.01. The average Bonchev–Trinajstić information content (AvgIpc) is 3.77. The Bertz CT molecular complexity index is 2050.